The van der Waals surface area contributed by atoms with Gasteiger partial charge in [-0.2, -0.15) is 0 Å². The summed E-state index contributed by atoms with van der Waals surface area (Å²) in [5.41, 5.74) is 0. The van der Waals surface area contributed by atoms with E-state index in [1.54, 1.807) is 0 Å². The summed E-state index contributed by atoms with van der Waals surface area (Å²) >= 11 is 0. The third-order valence-corrected chi connectivity index (χ3v) is 4.59. The average molecular weight is 315 g/mol. The zero-order valence-electron chi connectivity index (χ0n) is 15.4. The monoisotopic (exact) mass is 314 g/mol. The zero-order valence-corrected chi connectivity index (χ0v) is 15.4. The van der Waals surface area contributed by atoms with Crippen molar-refractivity contribution in [3.05, 3.63) is 0 Å². The summed E-state index contributed by atoms with van der Waals surface area (Å²) in [6.45, 7) is 4.37. The van der Waals surface area contributed by atoms with Crippen LogP contribution in [0.1, 0.15) is 117 Å². The normalized spacial score (nSPS) is 14.2. The SMILES string of the molecule is CCCCCCCC(O)CCCCCCCCC(O)CCC. The Morgan fingerprint density at radius 1 is 0.455 bits per heavy atom. The van der Waals surface area contributed by atoms with Gasteiger partial charge >= 0.3 is 0 Å². The van der Waals surface area contributed by atoms with E-state index in [1.807, 2.05) is 0 Å². The highest BCUT2D eigenvalue weighted by Gasteiger charge is 2.04. The van der Waals surface area contributed by atoms with Crippen molar-refractivity contribution in [2.24, 2.45) is 0 Å². The lowest BCUT2D eigenvalue weighted by Crippen LogP contribution is -2.06. The van der Waals surface area contributed by atoms with Crippen molar-refractivity contribution in [3.8, 4) is 0 Å². The molecule has 0 aromatic heterocycles. The van der Waals surface area contributed by atoms with Gasteiger partial charge in [-0.3, -0.25) is 0 Å². The van der Waals surface area contributed by atoms with Crippen molar-refractivity contribution in [2.45, 2.75) is 129 Å². The average Bonchev–Trinajstić information content (AvgIpc) is 2.50. The van der Waals surface area contributed by atoms with Crippen LogP contribution < -0.4 is 0 Å². The molecular weight excluding hydrogens is 272 g/mol. The van der Waals surface area contributed by atoms with Crippen molar-refractivity contribution in [2.75, 3.05) is 0 Å². The predicted octanol–water partition coefficient (Wildman–Crippen LogP) is 5.99. The maximum Gasteiger partial charge on any atom is 0.0540 e. The molecule has 0 heterocycles. The molecule has 2 N–H and O–H groups in total. The Labute approximate surface area is 139 Å². The smallest absolute Gasteiger partial charge is 0.0540 e. The first-order valence-electron chi connectivity index (χ1n) is 10.1. The molecule has 0 bridgehead atoms. The number of aliphatic hydroxyl groups is 2. The number of hydrogen-bond donors (Lipinski definition) is 2. The van der Waals surface area contributed by atoms with Gasteiger partial charge in [0.1, 0.15) is 0 Å². The number of rotatable bonds is 17. The van der Waals surface area contributed by atoms with Crippen molar-refractivity contribution in [3.63, 3.8) is 0 Å². The summed E-state index contributed by atoms with van der Waals surface area (Å²) in [4.78, 5) is 0. The molecule has 0 aliphatic heterocycles. The molecule has 0 aliphatic carbocycles. The Morgan fingerprint density at radius 3 is 1.23 bits per heavy atom. The van der Waals surface area contributed by atoms with Gasteiger partial charge in [0.05, 0.1) is 12.2 Å². The minimum absolute atomic E-state index is 0.0641. The molecule has 2 nitrogen and oxygen atoms in total. The molecule has 134 valence electrons. The fraction of sp³-hybridized carbons (Fsp3) is 1.00. The van der Waals surface area contributed by atoms with E-state index in [4.69, 9.17) is 0 Å². The van der Waals surface area contributed by atoms with Gasteiger partial charge in [0, 0.05) is 0 Å². The fourth-order valence-corrected chi connectivity index (χ4v) is 3.07. The van der Waals surface area contributed by atoms with E-state index in [0.29, 0.717) is 0 Å². The van der Waals surface area contributed by atoms with E-state index in [9.17, 15) is 10.2 Å². The number of hydrogen-bond acceptors (Lipinski definition) is 2. The van der Waals surface area contributed by atoms with Gasteiger partial charge in [0.25, 0.3) is 0 Å². The highest BCUT2D eigenvalue weighted by molar-refractivity contribution is 4.58. The molecule has 0 rings (SSSR count). The third-order valence-electron chi connectivity index (χ3n) is 4.59. The second-order valence-corrected chi connectivity index (χ2v) is 7.00. The molecule has 0 spiro atoms. The second kappa shape index (κ2) is 17.3. The summed E-state index contributed by atoms with van der Waals surface area (Å²) in [5, 5.41) is 19.6. The molecular formula is C20H42O2. The van der Waals surface area contributed by atoms with Gasteiger partial charge in [-0.25, -0.2) is 0 Å². The van der Waals surface area contributed by atoms with Crippen LogP contribution in [0.3, 0.4) is 0 Å². The minimum atomic E-state index is -0.0718. The van der Waals surface area contributed by atoms with E-state index >= 15 is 0 Å². The summed E-state index contributed by atoms with van der Waals surface area (Å²) in [5.74, 6) is 0. The van der Waals surface area contributed by atoms with Crippen molar-refractivity contribution in [1.82, 2.24) is 0 Å². The fourth-order valence-electron chi connectivity index (χ4n) is 3.07. The molecule has 0 fully saturated rings. The van der Waals surface area contributed by atoms with E-state index in [-0.39, 0.29) is 12.2 Å². The van der Waals surface area contributed by atoms with Crippen LogP contribution >= 0.6 is 0 Å². The van der Waals surface area contributed by atoms with Gasteiger partial charge in [-0.1, -0.05) is 90.9 Å². The van der Waals surface area contributed by atoms with E-state index < -0.39 is 0 Å². The van der Waals surface area contributed by atoms with Crippen LogP contribution in [0.4, 0.5) is 0 Å². The van der Waals surface area contributed by atoms with Crippen LogP contribution in [0.15, 0.2) is 0 Å². The topological polar surface area (TPSA) is 40.5 Å². The van der Waals surface area contributed by atoms with Gasteiger partial charge < -0.3 is 10.2 Å². The quantitative estimate of drug-likeness (QED) is 0.324. The van der Waals surface area contributed by atoms with E-state index in [0.717, 1.165) is 32.1 Å². The molecule has 0 radical (unpaired) electrons. The molecule has 2 atom stereocenters. The van der Waals surface area contributed by atoms with E-state index in [2.05, 4.69) is 13.8 Å². The molecule has 0 aliphatic rings. The second-order valence-electron chi connectivity index (χ2n) is 7.00. The van der Waals surface area contributed by atoms with Gasteiger partial charge in [0.2, 0.25) is 0 Å². The van der Waals surface area contributed by atoms with Crippen LogP contribution in [0.25, 0.3) is 0 Å². The molecule has 22 heavy (non-hydrogen) atoms. The van der Waals surface area contributed by atoms with Crippen LogP contribution in [0, 0.1) is 0 Å². The number of unbranched alkanes of at least 4 members (excludes halogenated alkanes) is 9. The summed E-state index contributed by atoms with van der Waals surface area (Å²) < 4.78 is 0. The van der Waals surface area contributed by atoms with Crippen molar-refractivity contribution < 1.29 is 10.2 Å². The minimum Gasteiger partial charge on any atom is -0.393 e. The lowest BCUT2D eigenvalue weighted by atomic mass is 10.0. The van der Waals surface area contributed by atoms with Crippen LogP contribution in [0.2, 0.25) is 0 Å². The lowest BCUT2D eigenvalue weighted by molar-refractivity contribution is 0.146. The Hall–Kier alpha value is -0.0800. The van der Waals surface area contributed by atoms with Gasteiger partial charge in [-0.05, 0) is 25.7 Å². The molecule has 0 amide bonds. The maximum absolute atomic E-state index is 9.93. The first-order valence-corrected chi connectivity index (χ1v) is 10.1. The van der Waals surface area contributed by atoms with Gasteiger partial charge in [0.15, 0.2) is 0 Å². The van der Waals surface area contributed by atoms with Crippen molar-refractivity contribution >= 4 is 0 Å². The molecule has 0 aromatic carbocycles. The van der Waals surface area contributed by atoms with Crippen LogP contribution in [0.5, 0.6) is 0 Å². The molecule has 0 saturated carbocycles. The van der Waals surface area contributed by atoms with Crippen molar-refractivity contribution in [1.29, 1.82) is 0 Å². The highest BCUT2D eigenvalue weighted by atomic mass is 16.3. The third kappa shape index (κ3) is 16.3. The summed E-state index contributed by atoms with van der Waals surface area (Å²) in [6.07, 6.45) is 18.7. The predicted molar refractivity (Wildman–Crippen MR) is 97.2 cm³/mol. The first kappa shape index (κ1) is 21.9. The first-order chi connectivity index (χ1) is 10.7. The highest BCUT2D eigenvalue weighted by Crippen LogP contribution is 2.14. The Morgan fingerprint density at radius 2 is 0.818 bits per heavy atom. The summed E-state index contributed by atoms with van der Waals surface area (Å²) in [6, 6.07) is 0. The Kier molecular flexibility index (Phi) is 17.2. The molecule has 0 aromatic rings. The molecule has 0 saturated heterocycles. The summed E-state index contributed by atoms with van der Waals surface area (Å²) in [7, 11) is 0. The molecule has 2 heteroatoms. The van der Waals surface area contributed by atoms with E-state index in [1.165, 1.54) is 70.6 Å². The Bertz CT molecular complexity index is 206. The lowest BCUT2D eigenvalue weighted by Gasteiger charge is -2.10. The largest absolute Gasteiger partial charge is 0.393 e. The standard InChI is InChI=1S/C20H42O2/c1-3-5-6-9-12-17-20(22)18-14-11-8-7-10-13-16-19(21)15-4-2/h19-22H,3-18H2,1-2H3. The van der Waals surface area contributed by atoms with Crippen LogP contribution in [-0.2, 0) is 0 Å². The molecule has 2 unspecified atom stereocenters. The Balaban J connectivity index is 3.18. The maximum atomic E-state index is 9.93. The van der Waals surface area contributed by atoms with Crippen LogP contribution in [-0.4, -0.2) is 22.4 Å². The number of aliphatic hydroxyl groups excluding tert-OH is 2. The van der Waals surface area contributed by atoms with Gasteiger partial charge in [-0.15, -0.1) is 0 Å². The zero-order chi connectivity index (χ0) is 16.5.